The second-order valence-corrected chi connectivity index (χ2v) is 5.32. The van der Waals surface area contributed by atoms with Gasteiger partial charge in [-0.2, -0.15) is 0 Å². The molecule has 2 rings (SSSR count). The summed E-state index contributed by atoms with van der Waals surface area (Å²) in [4.78, 5) is 4.02. The van der Waals surface area contributed by atoms with Crippen LogP contribution in [0.1, 0.15) is 11.1 Å². The van der Waals surface area contributed by atoms with E-state index in [0.717, 1.165) is 11.1 Å². The molecular formula is C13H13FN2OS. The number of hydrogen-bond acceptors (Lipinski definition) is 3. The van der Waals surface area contributed by atoms with E-state index in [0.29, 0.717) is 10.7 Å². The van der Waals surface area contributed by atoms with Gasteiger partial charge in [-0.25, -0.2) is 9.37 Å². The molecule has 0 saturated carbocycles. The quantitative estimate of drug-likeness (QED) is 0.926. The fourth-order valence-corrected chi connectivity index (χ4v) is 2.88. The predicted octanol–water partition coefficient (Wildman–Crippen LogP) is 2.42. The van der Waals surface area contributed by atoms with Gasteiger partial charge in [0.2, 0.25) is 0 Å². The minimum absolute atomic E-state index is 0.285. The fraction of sp³-hybridized carbons (Fsp3) is 0.154. The van der Waals surface area contributed by atoms with Crippen LogP contribution in [0.5, 0.6) is 0 Å². The number of pyridine rings is 1. The normalized spacial score (nSPS) is 12.3. The Kier molecular flexibility index (Phi) is 3.72. The monoisotopic (exact) mass is 264 g/mol. The molecule has 0 bridgehead atoms. The van der Waals surface area contributed by atoms with E-state index in [-0.39, 0.29) is 11.6 Å². The highest BCUT2D eigenvalue weighted by Crippen LogP contribution is 2.18. The molecule has 0 fully saturated rings. The maximum absolute atomic E-state index is 13.0. The number of halogens is 1. The first-order valence-electron chi connectivity index (χ1n) is 5.42. The Balaban J connectivity index is 2.24. The van der Waals surface area contributed by atoms with Crippen molar-refractivity contribution in [2.75, 3.05) is 5.73 Å². The number of nitrogens with zero attached hydrogens (tertiary/aromatic N) is 1. The number of aromatic nitrogens is 1. The van der Waals surface area contributed by atoms with E-state index >= 15 is 0 Å². The van der Waals surface area contributed by atoms with Gasteiger partial charge in [0, 0.05) is 6.20 Å². The van der Waals surface area contributed by atoms with Gasteiger partial charge in [-0.05, 0) is 42.3 Å². The van der Waals surface area contributed by atoms with Crippen molar-refractivity contribution in [3.05, 3.63) is 53.5 Å². The molecule has 3 nitrogen and oxygen atoms in total. The number of benzene rings is 1. The summed E-state index contributed by atoms with van der Waals surface area (Å²) in [7, 11) is -1.32. The maximum Gasteiger partial charge on any atom is 0.150 e. The average molecular weight is 264 g/mol. The Labute approximate surface area is 107 Å². The van der Waals surface area contributed by atoms with Crippen molar-refractivity contribution in [3.63, 3.8) is 0 Å². The molecule has 1 unspecified atom stereocenters. The van der Waals surface area contributed by atoms with E-state index in [4.69, 9.17) is 5.73 Å². The lowest BCUT2D eigenvalue weighted by atomic mass is 10.1. The number of aryl methyl sites for hydroxylation is 1. The van der Waals surface area contributed by atoms with Crippen molar-refractivity contribution in [1.82, 2.24) is 4.98 Å². The summed E-state index contributed by atoms with van der Waals surface area (Å²) in [6, 6.07) is 7.79. The van der Waals surface area contributed by atoms with Crippen molar-refractivity contribution in [2.45, 2.75) is 17.7 Å². The van der Waals surface area contributed by atoms with Crippen LogP contribution in [0.25, 0.3) is 0 Å². The van der Waals surface area contributed by atoms with Gasteiger partial charge >= 0.3 is 0 Å². The highest BCUT2D eigenvalue weighted by atomic mass is 32.2. The number of rotatable bonds is 3. The van der Waals surface area contributed by atoms with Crippen molar-refractivity contribution >= 4 is 16.5 Å². The Morgan fingerprint density at radius 1 is 1.39 bits per heavy atom. The molecule has 1 atom stereocenters. The fourth-order valence-electron chi connectivity index (χ4n) is 1.62. The first-order valence-corrected chi connectivity index (χ1v) is 6.73. The molecule has 0 radical (unpaired) electrons. The molecule has 94 valence electrons. The lowest BCUT2D eigenvalue weighted by Crippen LogP contribution is -2.04. The second kappa shape index (κ2) is 5.27. The zero-order valence-corrected chi connectivity index (χ0v) is 10.7. The standard InChI is InChI=1S/C13H13FN2OS/c1-9-7-11(14)5-4-10(9)8-18(17)13-12(15)3-2-6-16-13/h2-7H,8,15H2,1H3. The SMILES string of the molecule is Cc1cc(F)ccc1CS(=O)c1ncccc1N. The van der Waals surface area contributed by atoms with Crippen molar-refractivity contribution in [3.8, 4) is 0 Å². The molecule has 2 N–H and O–H groups in total. The average Bonchev–Trinajstić information content (AvgIpc) is 2.33. The van der Waals surface area contributed by atoms with Gasteiger partial charge in [-0.1, -0.05) is 6.07 Å². The van der Waals surface area contributed by atoms with Crippen LogP contribution in [0.2, 0.25) is 0 Å². The molecule has 5 heteroatoms. The summed E-state index contributed by atoms with van der Waals surface area (Å²) in [6.07, 6.45) is 1.56. The van der Waals surface area contributed by atoms with Gasteiger partial charge in [-0.3, -0.25) is 4.21 Å². The van der Waals surface area contributed by atoms with E-state index < -0.39 is 10.8 Å². The highest BCUT2D eigenvalue weighted by Gasteiger charge is 2.11. The summed E-state index contributed by atoms with van der Waals surface area (Å²) in [5.74, 6) is -0.00719. The zero-order valence-electron chi connectivity index (χ0n) is 9.89. The zero-order chi connectivity index (χ0) is 13.1. The Morgan fingerprint density at radius 2 is 2.17 bits per heavy atom. The van der Waals surface area contributed by atoms with E-state index in [9.17, 15) is 8.60 Å². The molecule has 1 heterocycles. The molecule has 0 aliphatic heterocycles. The van der Waals surface area contributed by atoms with Gasteiger partial charge in [-0.15, -0.1) is 0 Å². The lowest BCUT2D eigenvalue weighted by molar-refractivity contribution is 0.626. The molecule has 0 aliphatic rings. The Hall–Kier alpha value is -1.75. The molecular weight excluding hydrogens is 251 g/mol. The third kappa shape index (κ3) is 2.73. The summed E-state index contributed by atoms with van der Waals surface area (Å²) in [5.41, 5.74) is 7.74. The Bertz CT molecular complexity index is 601. The molecule has 18 heavy (non-hydrogen) atoms. The topological polar surface area (TPSA) is 56.0 Å². The first kappa shape index (κ1) is 12.7. The molecule has 0 aliphatic carbocycles. The first-order chi connectivity index (χ1) is 8.58. The van der Waals surface area contributed by atoms with E-state index in [1.807, 2.05) is 0 Å². The van der Waals surface area contributed by atoms with Gasteiger partial charge < -0.3 is 5.73 Å². The summed E-state index contributed by atoms with van der Waals surface area (Å²) >= 11 is 0. The van der Waals surface area contributed by atoms with E-state index in [1.165, 1.54) is 12.1 Å². The van der Waals surface area contributed by atoms with Crippen LogP contribution in [-0.4, -0.2) is 9.19 Å². The van der Waals surface area contributed by atoms with Gasteiger partial charge in [0.1, 0.15) is 10.8 Å². The minimum Gasteiger partial charge on any atom is -0.396 e. The molecule has 2 aromatic rings. The summed E-state index contributed by atoms with van der Waals surface area (Å²) in [5, 5.41) is 0.376. The summed E-state index contributed by atoms with van der Waals surface area (Å²) < 4.78 is 25.1. The largest absolute Gasteiger partial charge is 0.396 e. The van der Waals surface area contributed by atoms with Crippen molar-refractivity contribution < 1.29 is 8.60 Å². The predicted molar refractivity (Wildman–Crippen MR) is 69.9 cm³/mol. The van der Waals surface area contributed by atoms with Crippen molar-refractivity contribution in [2.24, 2.45) is 0 Å². The van der Waals surface area contributed by atoms with Crippen LogP contribution < -0.4 is 5.73 Å². The van der Waals surface area contributed by atoms with Crippen LogP contribution in [0.4, 0.5) is 10.1 Å². The van der Waals surface area contributed by atoms with Gasteiger partial charge in [0.05, 0.1) is 22.2 Å². The van der Waals surface area contributed by atoms with Gasteiger partial charge in [0.15, 0.2) is 0 Å². The molecule has 1 aromatic carbocycles. The van der Waals surface area contributed by atoms with Crippen LogP contribution in [0.15, 0.2) is 41.6 Å². The number of hydrogen-bond donors (Lipinski definition) is 1. The lowest BCUT2D eigenvalue weighted by Gasteiger charge is -2.07. The van der Waals surface area contributed by atoms with Crippen molar-refractivity contribution in [1.29, 1.82) is 0 Å². The van der Waals surface area contributed by atoms with E-state index in [1.54, 1.807) is 31.3 Å². The molecule has 0 amide bonds. The van der Waals surface area contributed by atoms with Crippen LogP contribution in [-0.2, 0) is 16.6 Å². The third-order valence-electron chi connectivity index (χ3n) is 2.61. The molecule has 1 aromatic heterocycles. The van der Waals surface area contributed by atoms with Gasteiger partial charge in [0.25, 0.3) is 0 Å². The summed E-state index contributed by atoms with van der Waals surface area (Å²) in [6.45, 7) is 1.79. The maximum atomic E-state index is 13.0. The molecule has 0 spiro atoms. The molecule has 0 saturated heterocycles. The number of nitrogen functional groups attached to an aromatic ring is 1. The smallest absolute Gasteiger partial charge is 0.150 e. The third-order valence-corrected chi connectivity index (χ3v) is 3.95. The highest BCUT2D eigenvalue weighted by molar-refractivity contribution is 7.84. The number of nitrogens with two attached hydrogens (primary N) is 1. The minimum atomic E-state index is -1.32. The van der Waals surface area contributed by atoms with Crippen LogP contribution in [0.3, 0.4) is 0 Å². The van der Waals surface area contributed by atoms with E-state index in [2.05, 4.69) is 4.98 Å². The second-order valence-electron chi connectivity index (χ2n) is 3.96. The number of anilines is 1. The Morgan fingerprint density at radius 3 is 2.83 bits per heavy atom. The van der Waals surface area contributed by atoms with Crippen LogP contribution >= 0.6 is 0 Å². The van der Waals surface area contributed by atoms with Crippen LogP contribution in [0, 0.1) is 12.7 Å².